The summed E-state index contributed by atoms with van der Waals surface area (Å²) in [5.74, 6) is 0. The molecule has 0 fully saturated rings. The third-order valence-electron chi connectivity index (χ3n) is 2.84. The van der Waals surface area contributed by atoms with Gasteiger partial charge in [0, 0.05) is 25.2 Å². The zero-order chi connectivity index (χ0) is 19.5. The molecule has 0 aliphatic heterocycles. The van der Waals surface area contributed by atoms with E-state index in [9.17, 15) is 9.35 Å². The van der Waals surface area contributed by atoms with E-state index in [2.05, 4.69) is 21.9 Å². The lowest BCUT2D eigenvalue weighted by molar-refractivity contribution is 0.244. The molecule has 140 valence electrons. The van der Waals surface area contributed by atoms with Gasteiger partial charge in [0.15, 0.2) is 0 Å². The first kappa shape index (κ1) is 23.2. The van der Waals surface area contributed by atoms with Crippen molar-refractivity contribution in [1.29, 1.82) is 0 Å². The molecule has 2 amide bonds. The zero-order valence-corrected chi connectivity index (χ0v) is 16.9. The molecule has 0 aliphatic carbocycles. The summed E-state index contributed by atoms with van der Waals surface area (Å²) in [6.45, 7) is 15.4. The van der Waals surface area contributed by atoms with E-state index in [-0.39, 0.29) is 11.6 Å². The number of urea groups is 1. The average molecular weight is 366 g/mol. The van der Waals surface area contributed by atoms with Crippen LogP contribution in [0.2, 0.25) is 0 Å². The van der Waals surface area contributed by atoms with Gasteiger partial charge in [-0.1, -0.05) is 37.0 Å². The molecule has 0 saturated heterocycles. The predicted octanol–water partition coefficient (Wildman–Crippen LogP) is 3.83. The highest BCUT2D eigenvalue weighted by molar-refractivity contribution is 7.93. The number of carbonyl (C=O) groups excluding carboxylic acids is 1. The molecule has 3 N–H and O–H groups in total. The maximum atomic E-state index is 12.2. The van der Waals surface area contributed by atoms with Gasteiger partial charge in [-0.3, -0.25) is 0 Å². The minimum atomic E-state index is -1.32. The Morgan fingerprint density at radius 2 is 1.92 bits per heavy atom. The van der Waals surface area contributed by atoms with Crippen LogP contribution in [0.4, 0.5) is 4.79 Å². The van der Waals surface area contributed by atoms with Crippen LogP contribution in [0.1, 0.15) is 41.5 Å². The van der Waals surface area contributed by atoms with E-state index in [4.69, 9.17) is 0 Å². The lowest BCUT2D eigenvalue weighted by atomic mass is 10.1. The van der Waals surface area contributed by atoms with E-state index in [0.29, 0.717) is 17.1 Å². The van der Waals surface area contributed by atoms with Crippen molar-refractivity contribution in [2.75, 3.05) is 6.54 Å². The molecular formula is C19H31N3O2S. The van der Waals surface area contributed by atoms with Gasteiger partial charge < -0.3 is 15.2 Å². The Balaban J connectivity index is 4.75. The maximum Gasteiger partial charge on any atom is 0.319 e. The van der Waals surface area contributed by atoms with Crippen molar-refractivity contribution in [3.05, 3.63) is 59.2 Å². The van der Waals surface area contributed by atoms with Crippen LogP contribution in [0.5, 0.6) is 0 Å². The molecular weight excluding hydrogens is 334 g/mol. The average Bonchev–Trinajstić information content (AvgIpc) is 2.52. The first-order valence-corrected chi connectivity index (χ1v) is 9.31. The minimum Gasteiger partial charge on any atom is -0.593 e. The zero-order valence-electron chi connectivity index (χ0n) is 16.1. The summed E-state index contributed by atoms with van der Waals surface area (Å²) < 4.78 is 15.2. The number of rotatable bonds is 8. The van der Waals surface area contributed by atoms with Crippen LogP contribution in [-0.2, 0) is 11.4 Å². The van der Waals surface area contributed by atoms with Gasteiger partial charge in [-0.05, 0) is 40.2 Å². The second-order valence-electron chi connectivity index (χ2n) is 6.40. The quantitative estimate of drug-likeness (QED) is 0.452. The van der Waals surface area contributed by atoms with Gasteiger partial charge >= 0.3 is 6.03 Å². The third kappa shape index (κ3) is 11.4. The smallest absolute Gasteiger partial charge is 0.319 e. The second kappa shape index (κ2) is 11.7. The lowest BCUT2D eigenvalue weighted by Crippen LogP contribution is -2.41. The van der Waals surface area contributed by atoms with E-state index in [1.54, 1.807) is 32.1 Å². The molecule has 0 radical (unpaired) electrons. The van der Waals surface area contributed by atoms with Gasteiger partial charge in [0.1, 0.15) is 4.91 Å². The van der Waals surface area contributed by atoms with E-state index in [1.165, 1.54) is 0 Å². The van der Waals surface area contributed by atoms with Crippen LogP contribution in [-0.4, -0.2) is 22.7 Å². The van der Waals surface area contributed by atoms with Crippen molar-refractivity contribution in [2.45, 2.75) is 47.1 Å². The molecule has 0 aromatic heterocycles. The van der Waals surface area contributed by atoms with Crippen LogP contribution in [0.15, 0.2) is 59.2 Å². The standard InChI is InChI=1S/C19H31N3O2S/c1-8-11-12-16(9-2)14-20-18(23)21-17(10-3)13-15(4)25(24)22-19(5,6)7/h8-13,22H,2,14H2,1,3-7H3,(H2,20,21,23)/b11-8-,15-13+,16-12+,17-10+. The molecule has 0 spiro atoms. The second-order valence-corrected chi connectivity index (χ2v) is 7.78. The first-order chi connectivity index (χ1) is 11.6. The fourth-order valence-electron chi connectivity index (χ4n) is 1.60. The van der Waals surface area contributed by atoms with Gasteiger partial charge in [-0.2, -0.15) is 0 Å². The van der Waals surface area contributed by atoms with Gasteiger partial charge in [-0.15, -0.1) is 4.72 Å². The molecule has 0 bridgehead atoms. The largest absolute Gasteiger partial charge is 0.593 e. The Hall–Kier alpha value is -1.76. The Morgan fingerprint density at radius 3 is 2.40 bits per heavy atom. The predicted molar refractivity (Wildman–Crippen MR) is 108 cm³/mol. The summed E-state index contributed by atoms with van der Waals surface area (Å²) >= 11 is -1.32. The van der Waals surface area contributed by atoms with Crippen LogP contribution < -0.4 is 15.4 Å². The topological polar surface area (TPSA) is 76.2 Å². The Labute approximate surface area is 155 Å². The summed E-state index contributed by atoms with van der Waals surface area (Å²) in [5, 5.41) is 5.51. The van der Waals surface area contributed by atoms with Crippen LogP contribution in [0, 0.1) is 0 Å². The highest BCUT2D eigenvalue weighted by Crippen LogP contribution is 2.11. The van der Waals surface area contributed by atoms with E-state index in [0.717, 1.165) is 5.57 Å². The number of amides is 2. The van der Waals surface area contributed by atoms with Crippen molar-refractivity contribution in [3.63, 3.8) is 0 Å². The van der Waals surface area contributed by atoms with Crippen molar-refractivity contribution in [3.8, 4) is 0 Å². The van der Waals surface area contributed by atoms with Gasteiger partial charge in [0.25, 0.3) is 0 Å². The van der Waals surface area contributed by atoms with E-state index < -0.39 is 11.4 Å². The molecule has 6 heteroatoms. The Kier molecular flexibility index (Phi) is 10.9. The lowest BCUT2D eigenvalue weighted by Gasteiger charge is -2.22. The van der Waals surface area contributed by atoms with Crippen molar-refractivity contribution in [2.24, 2.45) is 0 Å². The normalized spacial score (nSPS) is 15.2. The number of allylic oxidation sites excluding steroid dienone is 6. The van der Waals surface area contributed by atoms with Crippen molar-refractivity contribution < 1.29 is 9.35 Å². The molecule has 0 saturated carbocycles. The van der Waals surface area contributed by atoms with E-state index in [1.807, 2.05) is 45.9 Å². The highest BCUT2D eigenvalue weighted by Gasteiger charge is 2.20. The number of hydrogen-bond acceptors (Lipinski definition) is 3. The number of nitrogens with one attached hydrogen (secondary N) is 3. The minimum absolute atomic E-state index is 0.263. The molecule has 0 aromatic rings. The van der Waals surface area contributed by atoms with Crippen LogP contribution >= 0.6 is 0 Å². The van der Waals surface area contributed by atoms with Gasteiger partial charge in [0.2, 0.25) is 0 Å². The van der Waals surface area contributed by atoms with Gasteiger partial charge in [0.05, 0.1) is 16.9 Å². The fourth-order valence-corrected chi connectivity index (χ4v) is 2.55. The maximum absolute atomic E-state index is 12.2. The molecule has 1 atom stereocenters. The van der Waals surface area contributed by atoms with Crippen molar-refractivity contribution in [1.82, 2.24) is 15.4 Å². The third-order valence-corrected chi connectivity index (χ3v) is 4.34. The highest BCUT2D eigenvalue weighted by atomic mass is 32.2. The molecule has 25 heavy (non-hydrogen) atoms. The van der Waals surface area contributed by atoms with E-state index >= 15 is 0 Å². The van der Waals surface area contributed by atoms with Crippen LogP contribution in [0.3, 0.4) is 0 Å². The Bertz CT molecular complexity index is 570. The first-order valence-electron chi connectivity index (χ1n) is 8.16. The SMILES string of the molecule is C=C/C(=C\C=C/C)CNC(=O)NC(=C/C)/C=C(\C)[S+]([O-])NC(C)(C)C. The number of hydrogen-bond donors (Lipinski definition) is 3. The summed E-state index contributed by atoms with van der Waals surface area (Å²) in [4.78, 5) is 12.7. The fraction of sp³-hybridized carbons (Fsp3) is 0.421. The van der Waals surface area contributed by atoms with Crippen LogP contribution in [0.25, 0.3) is 0 Å². The molecule has 0 aromatic carbocycles. The van der Waals surface area contributed by atoms with Crippen molar-refractivity contribution >= 4 is 17.4 Å². The summed E-state index contributed by atoms with van der Waals surface area (Å²) in [7, 11) is 0. The molecule has 1 unspecified atom stereocenters. The molecule has 0 aliphatic rings. The summed E-state index contributed by atoms with van der Waals surface area (Å²) in [6, 6.07) is -0.333. The van der Waals surface area contributed by atoms with Gasteiger partial charge in [-0.25, -0.2) is 4.79 Å². The monoisotopic (exact) mass is 365 g/mol. The summed E-state index contributed by atoms with van der Waals surface area (Å²) in [5.41, 5.74) is 1.22. The molecule has 0 rings (SSSR count). The summed E-state index contributed by atoms with van der Waals surface area (Å²) in [6.07, 6.45) is 10.8. The number of carbonyl (C=O) groups is 1. The molecule has 0 heterocycles. The Morgan fingerprint density at radius 1 is 1.28 bits per heavy atom. The molecule has 5 nitrogen and oxygen atoms in total.